The van der Waals surface area contributed by atoms with Crippen LogP contribution in [0.25, 0.3) is 0 Å². The first kappa shape index (κ1) is 11.0. The Morgan fingerprint density at radius 2 is 1.83 bits per heavy atom. The molecule has 4 saturated carbocycles. The van der Waals surface area contributed by atoms with Crippen LogP contribution in [-0.4, -0.2) is 4.98 Å². The van der Waals surface area contributed by atoms with E-state index in [1.807, 2.05) is 0 Å². The van der Waals surface area contributed by atoms with Crippen molar-refractivity contribution in [2.75, 3.05) is 0 Å². The van der Waals surface area contributed by atoms with Crippen molar-refractivity contribution in [1.82, 2.24) is 4.98 Å². The molecule has 4 aliphatic carbocycles. The van der Waals surface area contributed by atoms with Crippen LogP contribution in [0.3, 0.4) is 0 Å². The summed E-state index contributed by atoms with van der Waals surface area (Å²) in [6.45, 7) is 0. The van der Waals surface area contributed by atoms with Crippen LogP contribution < -0.4 is 5.73 Å². The highest BCUT2D eigenvalue weighted by molar-refractivity contribution is 5.00. The number of nitrogens with two attached hydrogens (primary N) is 1. The second kappa shape index (κ2) is 4.09. The zero-order chi connectivity index (χ0) is 12.1. The van der Waals surface area contributed by atoms with Gasteiger partial charge in [0.25, 0.3) is 0 Å². The van der Waals surface area contributed by atoms with Crippen molar-refractivity contribution in [3.05, 3.63) is 18.4 Å². The maximum absolute atomic E-state index is 6.26. The molecule has 4 bridgehead atoms. The minimum absolute atomic E-state index is 0.00234. The minimum atomic E-state index is 0.00234. The summed E-state index contributed by atoms with van der Waals surface area (Å²) in [4.78, 5) is 4.21. The molecule has 3 nitrogen and oxygen atoms in total. The lowest BCUT2D eigenvalue weighted by molar-refractivity contribution is -0.0428. The van der Waals surface area contributed by atoms with Crippen molar-refractivity contribution in [1.29, 1.82) is 0 Å². The topological polar surface area (TPSA) is 52.0 Å². The molecule has 0 aromatic carbocycles. The van der Waals surface area contributed by atoms with Gasteiger partial charge in [0.15, 0.2) is 0 Å². The average molecular weight is 246 g/mol. The molecule has 0 aliphatic heterocycles. The SMILES string of the molecule is NC(CC1C2CC3CC(C2)CC1C3)c1ncco1. The van der Waals surface area contributed by atoms with E-state index in [4.69, 9.17) is 10.2 Å². The fourth-order valence-electron chi connectivity index (χ4n) is 5.23. The summed E-state index contributed by atoms with van der Waals surface area (Å²) in [5.41, 5.74) is 6.26. The molecule has 18 heavy (non-hydrogen) atoms. The van der Waals surface area contributed by atoms with Crippen LogP contribution in [0.5, 0.6) is 0 Å². The summed E-state index contributed by atoms with van der Waals surface area (Å²) in [6.07, 6.45) is 11.8. The zero-order valence-corrected chi connectivity index (χ0v) is 10.8. The third kappa shape index (κ3) is 1.71. The second-order valence-electron chi connectivity index (χ2n) is 6.81. The maximum atomic E-state index is 6.26. The number of aromatic nitrogens is 1. The van der Waals surface area contributed by atoms with Crippen LogP contribution in [0.15, 0.2) is 16.9 Å². The Kier molecular flexibility index (Phi) is 2.51. The molecule has 1 atom stereocenters. The highest BCUT2D eigenvalue weighted by atomic mass is 16.3. The predicted octanol–water partition coefficient (Wildman–Crippen LogP) is 3.14. The molecule has 1 unspecified atom stereocenters. The van der Waals surface area contributed by atoms with Crippen molar-refractivity contribution >= 4 is 0 Å². The van der Waals surface area contributed by atoms with Crippen molar-refractivity contribution in [2.45, 2.75) is 44.6 Å². The van der Waals surface area contributed by atoms with Gasteiger partial charge in [-0.1, -0.05) is 0 Å². The monoisotopic (exact) mass is 246 g/mol. The molecule has 1 aromatic rings. The number of oxazole rings is 1. The standard InChI is InChI=1S/C15H22N2O/c16-14(15-17-1-2-18-15)8-13-11-4-9-3-10(6-11)7-12(13)5-9/h1-2,9-14H,3-8,16H2. The Bertz CT molecular complexity index is 386. The first-order valence-electron chi connectivity index (χ1n) is 7.44. The summed E-state index contributed by atoms with van der Waals surface area (Å²) >= 11 is 0. The largest absolute Gasteiger partial charge is 0.447 e. The van der Waals surface area contributed by atoms with Gasteiger partial charge < -0.3 is 10.2 Å². The lowest BCUT2D eigenvalue weighted by atomic mass is 9.51. The van der Waals surface area contributed by atoms with Crippen molar-refractivity contribution in [2.24, 2.45) is 35.3 Å². The molecule has 3 heteroatoms. The lowest BCUT2D eigenvalue weighted by Gasteiger charge is -2.55. The van der Waals surface area contributed by atoms with Crippen LogP contribution in [0.4, 0.5) is 0 Å². The Balaban J connectivity index is 1.49. The Labute approximate surface area is 108 Å². The number of hydrogen-bond donors (Lipinski definition) is 1. The number of hydrogen-bond acceptors (Lipinski definition) is 3. The van der Waals surface area contributed by atoms with Crippen LogP contribution >= 0.6 is 0 Å². The summed E-state index contributed by atoms with van der Waals surface area (Å²) in [7, 11) is 0. The third-order valence-electron chi connectivity index (χ3n) is 5.72. The summed E-state index contributed by atoms with van der Waals surface area (Å²) < 4.78 is 5.35. The van der Waals surface area contributed by atoms with Gasteiger partial charge in [-0.15, -0.1) is 0 Å². The average Bonchev–Trinajstić information content (AvgIpc) is 2.86. The van der Waals surface area contributed by atoms with E-state index in [1.54, 1.807) is 12.5 Å². The number of nitrogens with zero attached hydrogens (tertiary/aromatic N) is 1. The van der Waals surface area contributed by atoms with Gasteiger partial charge in [-0.25, -0.2) is 4.98 Å². The van der Waals surface area contributed by atoms with Crippen LogP contribution in [-0.2, 0) is 0 Å². The minimum Gasteiger partial charge on any atom is -0.447 e. The highest BCUT2D eigenvalue weighted by Crippen LogP contribution is 2.58. The molecule has 5 rings (SSSR count). The fourth-order valence-corrected chi connectivity index (χ4v) is 5.23. The summed E-state index contributed by atoms with van der Waals surface area (Å²) in [5, 5.41) is 0. The van der Waals surface area contributed by atoms with Gasteiger partial charge in [-0.2, -0.15) is 0 Å². The zero-order valence-electron chi connectivity index (χ0n) is 10.8. The van der Waals surface area contributed by atoms with E-state index in [9.17, 15) is 0 Å². The summed E-state index contributed by atoms with van der Waals surface area (Å²) in [5.74, 6) is 5.54. The third-order valence-corrected chi connectivity index (χ3v) is 5.72. The highest BCUT2D eigenvalue weighted by Gasteiger charge is 2.48. The molecule has 0 saturated heterocycles. The first-order chi connectivity index (χ1) is 8.79. The Hall–Kier alpha value is -0.830. The van der Waals surface area contributed by atoms with Gasteiger partial charge in [-0.05, 0) is 68.1 Å². The normalized spacial score (nSPS) is 43.3. The van der Waals surface area contributed by atoms with Crippen LogP contribution in [0.1, 0.15) is 50.5 Å². The molecule has 0 amide bonds. The molecule has 1 heterocycles. The van der Waals surface area contributed by atoms with E-state index in [0.29, 0.717) is 0 Å². The fraction of sp³-hybridized carbons (Fsp3) is 0.800. The van der Waals surface area contributed by atoms with Gasteiger partial charge in [0.05, 0.1) is 12.2 Å². The van der Waals surface area contributed by atoms with Gasteiger partial charge in [0, 0.05) is 0 Å². The molecular weight excluding hydrogens is 224 g/mol. The molecular formula is C15H22N2O. The molecule has 4 aliphatic rings. The number of rotatable bonds is 3. The second-order valence-corrected chi connectivity index (χ2v) is 6.81. The van der Waals surface area contributed by atoms with E-state index >= 15 is 0 Å². The predicted molar refractivity (Wildman–Crippen MR) is 68.6 cm³/mol. The molecule has 0 radical (unpaired) electrons. The van der Waals surface area contributed by atoms with E-state index in [1.165, 1.54) is 32.1 Å². The van der Waals surface area contributed by atoms with E-state index < -0.39 is 0 Å². The van der Waals surface area contributed by atoms with Crippen LogP contribution in [0.2, 0.25) is 0 Å². The molecule has 98 valence electrons. The molecule has 1 aromatic heterocycles. The van der Waals surface area contributed by atoms with Gasteiger partial charge in [-0.3, -0.25) is 0 Å². The Morgan fingerprint density at radius 1 is 1.17 bits per heavy atom. The molecule has 0 spiro atoms. The summed E-state index contributed by atoms with van der Waals surface area (Å²) in [6, 6.07) is 0.00234. The quantitative estimate of drug-likeness (QED) is 0.891. The van der Waals surface area contributed by atoms with E-state index in [-0.39, 0.29) is 6.04 Å². The van der Waals surface area contributed by atoms with E-state index in [2.05, 4.69) is 4.98 Å². The van der Waals surface area contributed by atoms with Crippen molar-refractivity contribution in [3.8, 4) is 0 Å². The smallest absolute Gasteiger partial charge is 0.210 e. The Morgan fingerprint density at radius 3 is 2.39 bits per heavy atom. The van der Waals surface area contributed by atoms with Crippen molar-refractivity contribution in [3.63, 3.8) is 0 Å². The maximum Gasteiger partial charge on any atom is 0.210 e. The first-order valence-corrected chi connectivity index (χ1v) is 7.44. The van der Waals surface area contributed by atoms with Crippen LogP contribution in [0, 0.1) is 29.6 Å². The van der Waals surface area contributed by atoms with Gasteiger partial charge in [0.2, 0.25) is 5.89 Å². The molecule has 4 fully saturated rings. The molecule has 2 N–H and O–H groups in total. The van der Waals surface area contributed by atoms with Crippen molar-refractivity contribution < 1.29 is 4.42 Å². The van der Waals surface area contributed by atoms with E-state index in [0.717, 1.165) is 41.9 Å². The van der Waals surface area contributed by atoms with Gasteiger partial charge in [0.1, 0.15) is 6.26 Å². The van der Waals surface area contributed by atoms with Gasteiger partial charge >= 0.3 is 0 Å². The lowest BCUT2D eigenvalue weighted by Crippen LogP contribution is -2.45.